The highest BCUT2D eigenvalue weighted by Crippen LogP contribution is 2.26. The van der Waals surface area contributed by atoms with Crippen molar-refractivity contribution in [3.8, 4) is 17.6 Å². The van der Waals surface area contributed by atoms with Crippen LogP contribution in [0.15, 0.2) is 53.6 Å². The van der Waals surface area contributed by atoms with Crippen molar-refractivity contribution >= 4 is 23.1 Å². The molecule has 4 rings (SSSR count). The van der Waals surface area contributed by atoms with Crippen molar-refractivity contribution in [3.05, 3.63) is 76.0 Å². The lowest BCUT2D eigenvalue weighted by Crippen LogP contribution is -2.24. The lowest BCUT2D eigenvalue weighted by molar-refractivity contribution is -0.139. The van der Waals surface area contributed by atoms with Crippen LogP contribution < -0.4 is 15.6 Å². The minimum atomic E-state index is -0.550. The number of anilines is 2. The third-order valence-corrected chi connectivity index (χ3v) is 4.75. The Morgan fingerprint density at radius 2 is 1.88 bits per heavy atom. The van der Waals surface area contributed by atoms with Crippen LogP contribution in [0.25, 0.3) is 5.65 Å². The zero-order chi connectivity index (χ0) is 22.7. The zero-order valence-electron chi connectivity index (χ0n) is 17.2. The Bertz CT molecular complexity index is 1380. The molecule has 4 aromatic rings. The second-order valence-electron chi connectivity index (χ2n) is 6.80. The number of aromatic amines is 1. The maximum Gasteiger partial charge on any atom is 0.310 e. The molecule has 0 aliphatic carbocycles. The van der Waals surface area contributed by atoms with Crippen molar-refractivity contribution in [2.24, 2.45) is 0 Å². The van der Waals surface area contributed by atoms with E-state index in [-0.39, 0.29) is 23.2 Å². The maximum atomic E-state index is 12.9. The number of hydrogen-bond donors (Lipinski definition) is 2. The largest absolute Gasteiger partial charge is 0.469 e. The van der Waals surface area contributed by atoms with Crippen LogP contribution in [0.3, 0.4) is 0 Å². The molecular formula is C22H18N6O4. The summed E-state index contributed by atoms with van der Waals surface area (Å²) in [7, 11) is 1.25. The Morgan fingerprint density at radius 1 is 1.19 bits per heavy atom. The van der Waals surface area contributed by atoms with Gasteiger partial charge in [0.05, 0.1) is 19.1 Å². The van der Waals surface area contributed by atoms with Crippen LogP contribution in [-0.2, 0) is 16.0 Å². The summed E-state index contributed by atoms with van der Waals surface area (Å²) in [5, 5.41) is 15.6. The molecule has 0 unspecified atom stereocenters. The van der Waals surface area contributed by atoms with E-state index < -0.39 is 11.5 Å². The fourth-order valence-electron chi connectivity index (χ4n) is 3.12. The zero-order valence-corrected chi connectivity index (χ0v) is 17.2. The number of ether oxygens (including phenoxy) is 2. The molecule has 160 valence electrons. The van der Waals surface area contributed by atoms with Gasteiger partial charge in [-0.1, -0.05) is 0 Å². The van der Waals surface area contributed by atoms with E-state index in [1.54, 1.807) is 55.7 Å². The lowest BCUT2D eigenvalue weighted by Gasteiger charge is -2.07. The van der Waals surface area contributed by atoms with Crippen LogP contribution >= 0.6 is 0 Å². The van der Waals surface area contributed by atoms with Crippen LogP contribution in [0.1, 0.15) is 16.8 Å². The number of nitriles is 1. The quantitative estimate of drug-likeness (QED) is 0.446. The topological polar surface area (TPSA) is 134 Å². The van der Waals surface area contributed by atoms with Gasteiger partial charge in [0.25, 0.3) is 5.56 Å². The number of carbonyl (C=O) groups excluding carboxylic acids is 1. The Labute approximate surface area is 182 Å². The van der Waals surface area contributed by atoms with Crippen molar-refractivity contribution < 1.29 is 14.3 Å². The summed E-state index contributed by atoms with van der Waals surface area (Å²) in [5.74, 6) is 1.03. The van der Waals surface area contributed by atoms with Crippen LogP contribution in [0.5, 0.6) is 11.5 Å². The Balaban J connectivity index is 1.64. The minimum Gasteiger partial charge on any atom is -0.469 e. The van der Waals surface area contributed by atoms with Gasteiger partial charge in [-0.25, -0.2) is 4.98 Å². The molecular weight excluding hydrogens is 412 g/mol. The lowest BCUT2D eigenvalue weighted by atomic mass is 10.1. The molecule has 10 nitrogen and oxygen atoms in total. The number of carbonyl (C=O) groups is 1. The number of methoxy groups -OCH3 is 1. The van der Waals surface area contributed by atoms with Crippen molar-refractivity contribution in [2.45, 2.75) is 13.3 Å². The molecule has 2 N–H and O–H groups in total. The van der Waals surface area contributed by atoms with Gasteiger partial charge in [-0.3, -0.25) is 19.7 Å². The molecule has 0 aliphatic rings. The van der Waals surface area contributed by atoms with Crippen LogP contribution in [0, 0.1) is 18.3 Å². The van der Waals surface area contributed by atoms with Gasteiger partial charge >= 0.3 is 5.97 Å². The Hall–Kier alpha value is -4.65. The van der Waals surface area contributed by atoms with Gasteiger partial charge in [0, 0.05) is 23.8 Å². The highest BCUT2D eigenvalue weighted by Gasteiger charge is 2.20. The van der Waals surface area contributed by atoms with Gasteiger partial charge < -0.3 is 14.8 Å². The number of nitrogens with zero attached hydrogens (tertiary/aromatic N) is 4. The number of rotatable bonds is 6. The molecule has 10 heteroatoms. The van der Waals surface area contributed by atoms with Crippen LogP contribution in [0.2, 0.25) is 0 Å². The van der Waals surface area contributed by atoms with Crippen molar-refractivity contribution in [1.29, 1.82) is 5.26 Å². The van der Waals surface area contributed by atoms with E-state index in [0.717, 1.165) is 4.52 Å². The summed E-state index contributed by atoms with van der Waals surface area (Å²) in [4.78, 5) is 32.8. The first-order valence-electron chi connectivity index (χ1n) is 9.56. The van der Waals surface area contributed by atoms with Crippen LogP contribution in [0.4, 0.5) is 11.5 Å². The molecule has 3 heterocycles. The number of benzene rings is 1. The summed E-state index contributed by atoms with van der Waals surface area (Å²) < 4.78 is 11.5. The van der Waals surface area contributed by atoms with Crippen molar-refractivity contribution in [2.75, 3.05) is 12.4 Å². The standard InChI is InChI=1S/C22H18N6O4/c1-13-17(11-19(29)31-2)22(30)28-21(25-13)18(12-23)20(27-28)26-14-3-5-15(6-4-14)32-16-7-9-24-10-8-16/h3-10,26-27H,11H2,1-2H3. The molecule has 0 spiro atoms. The number of hydrogen-bond acceptors (Lipinski definition) is 8. The normalized spacial score (nSPS) is 10.5. The number of esters is 1. The fourth-order valence-corrected chi connectivity index (χ4v) is 3.12. The number of H-pyrrole nitrogens is 1. The van der Waals surface area contributed by atoms with Gasteiger partial charge in [-0.2, -0.15) is 9.78 Å². The fraction of sp³-hybridized carbons (Fsp3) is 0.136. The molecule has 32 heavy (non-hydrogen) atoms. The molecule has 0 bridgehead atoms. The van der Waals surface area contributed by atoms with E-state index in [1.807, 2.05) is 0 Å². The van der Waals surface area contributed by atoms with Crippen LogP contribution in [-0.4, -0.2) is 32.7 Å². The number of aryl methyl sites for hydroxylation is 1. The molecule has 0 amide bonds. The highest BCUT2D eigenvalue weighted by molar-refractivity contribution is 5.74. The van der Waals surface area contributed by atoms with E-state index in [2.05, 4.69) is 31.2 Å². The molecule has 0 saturated heterocycles. The Kier molecular flexibility index (Phi) is 5.55. The third kappa shape index (κ3) is 3.99. The summed E-state index contributed by atoms with van der Waals surface area (Å²) in [6.45, 7) is 1.61. The second kappa shape index (κ2) is 8.61. The minimum absolute atomic E-state index is 0.170. The Morgan fingerprint density at radius 3 is 2.53 bits per heavy atom. The predicted octanol–water partition coefficient (Wildman–Crippen LogP) is 2.85. The van der Waals surface area contributed by atoms with Gasteiger partial charge in [-0.05, 0) is 43.3 Å². The third-order valence-electron chi connectivity index (χ3n) is 4.75. The van der Waals surface area contributed by atoms with Gasteiger partial charge in [0.1, 0.15) is 28.9 Å². The summed E-state index contributed by atoms with van der Waals surface area (Å²) in [6, 6.07) is 12.6. The number of pyridine rings is 1. The summed E-state index contributed by atoms with van der Waals surface area (Å²) >= 11 is 0. The molecule has 0 fully saturated rings. The summed E-state index contributed by atoms with van der Waals surface area (Å²) in [6.07, 6.45) is 3.07. The van der Waals surface area contributed by atoms with E-state index >= 15 is 0 Å². The SMILES string of the molecule is COC(=O)Cc1c(C)nc2c(C#N)c(Nc3ccc(Oc4ccncc4)cc3)[nH]n2c1=O. The molecule has 0 aliphatic heterocycles. The van der Waals surface area contributed by atoms with E-state index in [0.29, 0.717) is 28.7 Å². The van der Waals surface area contributed by atoms with E-state index in [9.17, 15) is 14.9 Å². The first-order valence-corrected chi connectivity index (χ1v) is 9.56. The average Bonchev–Trinajstić information content (AvgIpc) is 3.15. The molecule has 0 atom stereocenters. The van der Waals surface area contributed by atoms with Gasteiger partial charge in [-0.15, -0.1) is 0 Å². The maximum absolute atomic E-state index is 12.9. The first-order chi connectivity index (χ1) is 15.5. The predicted molar refractivity (Wildman–Crippen MR) is 115 cm³/mol. The molecule has 3 aromatic heterocycles. The van der Waals surface area contributed by atoms with Gasteiger partial charge in [0.15, 0.2) is 5.65 Å². The summed E-state index contributed by atoms with van der Waals surface area (Å²) in [5.41, 5.74) is 1.10. The van der Waals surface area contributed by atoms with Gasteiger partial charge in [0.2, 0.25) is 0 Å². The smallest absolute Gasteiger partial charge is 0.310 e. The molecule has 0 saturated carbocycles. The van der Waals surface area contributed by atoms with E-state index in [4.69, 9.17) is 4.74 Å². The number of aromatic nitrogens is 4. The molecule has 1 aromatic carbocycles. The second-order valence-corrected chi connectivity index (χ2v) is 6.80. The first kappa shape index (κ1) is 20.6. The average molecular weight is 430 g/mol. The van der Waals surface area contributed by atoms with Crippen molar-refractivity contribution in [1.82, 2.24) is 19.6 Å². The number of nitrogens with one attached hydrogen (secondary N) is 2. The van der Waals surface area contributed by atoms with E-state index in [1.165, 1.54) is 7.11 Å². The highest BCUT2D eigenvalue weighted by atomic mass is 16.5. The molecule has 0 radical (unpaired) electrons. The number of fused-ring (bicyclic) bond motifs is 1. The monoisotopic (exact) mass is 430 g/mol. The van der Waals surface area contributed by atoms with Crippen molar-refractivity contribution in [3.63, 3.8) is 0 Å².